The molecule has 3 aliphatic rings. The maximum atomic E-state index is 13.6. The molecule has 2 fully saturated rings. The van der Waals surface area contributed by atoms with Gasteiger partial charge in [0, 0.05) is 93.7 Å². The molecule has 15 nitrogen and oxygen atoms in total. The van der Waals surface area contributed by atoms with E-state index in [1.54, 1.807) is 24.0 Å². The van der Waals surface area contributed by atoms with Gasteiger partial charge in [0.05, 0.1) is 33.1 Å². The molecule has 2 saturated heterocycles. The van der Waals surface area contributed by atoms with Crippen molar-refractivity contribution < 1.29 is 28.5 Å². The van der Waals surface area contributed by atoms with Crippen LogP contribution in [0, 0.1) is 0 Å². The first-order chi connectivity index (χ1) is 29.5. The van der Waals surface area contributed by atoms with Gasteiger partial charge in [-0.25, -0.2) is 19.7 Å². The van der Waals surface area contributed by atoms with Crippen LogP contribution in [0.1, 0.15) is 47.8 Å². The fraction of sp³-hybridized carbons (Fsp3) is 0.391. The number of hydrogen-bond donors (Lipinski definition) is 0. The van der Waals surface area contributed by atoms with Gasteiger partial charge in [-0.05, 0) is 86.8 Å². The molecule has 5 aromatic rings. The van der Waals surface area contributed by atoms with Gasteiger partial charge in [0.2, 0.25) is 11.9 Å². The van der Waals surface area contributed by atoms with Crippen LogP contribution >= 0.6 is 0 Å². The van der Waals surface area contributed by atoms with Gasteiger partial charge in [-0.1, -0.05) is 24.3 Å². The SMILES string of the molecule is COc1ccc(CN(Cc2ccc(OC)cc2)c2ncc(-c3nc(N4CCOCC4)nc4c3CCN4c3ccc(C(=O)N4CCN(C(=O)OC(C)(C)C)CC4)cc3)cn2)cc1. The van der Waals surface area contributed by atoms with E-state index >= 15 is 0 Å². The first-order valence-corrected chi connectivity index (χ1v) is 20.8. The number of methoxy groups -OCH3 is 2. The van der Waals surface area contributed by atoms with Crippen LogP contribution in [-0.4, -0.2) is 121 Å². The summed E-state index contributed by atoms with van der Waals surface area (Å²) in [4.78, 5) is 56.3. The minimum atomic E-state index is -0.569. The van der Waals surface area contributed by atoms with Crippen molar-refractivity contribution in [3.63, 3.8) is 0 Å². The van der Waals surface area contributed by atoms with E-state index < -0.39 is 5.60 Å². The Morgan fingerprint density at radius 3 is 1.85 bits per heavy atom. The van der Waals surface area contributed by atoms with Gasteiger partial charge < -0.3 is 43.4 Å². The van der Waals surface area contributed by atoms with Crippen LogP contribution in [0.25, 0.3) is 11.3 Å². The first kappa shape index (κ1) is 41.3. The summed E-state index contributed by atoms with van der Waals surface area (Å²) in [6, 6.07) is 23.8. The lowest BCUT2D eigenvalue weighted by atomic mass is 10.1. The Morgan fingerprint density at radius 2 is 1.30 bits per heavy atom. The molecule has 0 saturated carbocycles. The zero-order valence-corrected chi connectivity index (χ0v) is 35.5. The van der Waals surface area contributed by atoms with Crippen LogP contribution in [0.2, 0.25) is 0 Å². The lowest BCUT2D eigenvalue weighted by Crippen LogP contribution is -2.51. The van der Waals surface area contributed by atoms with E-state index in [2.05, 4.69) is 39.0 Å². The van der Waals surface area contributed by atoms with Gasteiger partial charge >= 0.3 is 6.09 Å². The number of aromatic nitrogens is 4. The quantitative estimate of drug-likeness (QED) is 0.146. The number of amides is 2. The molecule has 15 heteroatoms. The maximum absolute atomic E-state index is 13.6. The molecule has 5 heterocycles. The summed E-state index contributed by atoms with van der Waals surface area (Å²) in [6.07, 6.45) is 4.09. The lowest BCUT2D eigenvalue weighted by Gasteiger charge is -2.35. The predicted octanol–water partition coefficient (Wildman–Crippen LogP) is 6.38. The molecule has 3 aliphatic heterocycles. The summed E-state index contributed by atoms with van der Waals surface area (Å²) >= 11 is 0. The molecule has 8 rings (SSSR count). The molecule has 0 radical (unpaired) electrons. The highest BCUT2D eigenvalue weighted by Crippen LogP contribution is 2.39. The van der Waals surface area contributed by atoms with Crippen molar-refractivity contribution in [2.75, 3.05) is 87.9 Å². The number of carbonyl (C=O) groups excluding carboxylic acids is 2. The molecule has 0 spiro atoms. The van der Waals surface area contributed by atoms with E-state index in [4.69, 9.17) is 38.9 Å². The van der Waals surface area contributed by atoms with Crippen molar-refractivity contribution in [3.8, 4) is 22.8 Å². The Bertz CT molecular complexity index is 2240. The number of benzene rings is 3. The summed E-state index contributed by atoms with van der Waals surface area (Å²) in [5.41, 5.74) is 5.78. The van der Waals surface area contributed by atoms with Gasteiger partial charge in [-0.2, -0.15) is 4.98 Å². The van der Waals surface area contributed by atoms with E-state index in [0.717, 1.165) is 57.4 Å². The zero-order valence-electron chi connectivity index (χ0n) is 35.5. The number of hydrogen-bond acceptors (Lipinski definition) is 13. The number of piperazine rings is 1. The Hall–Kier alpha value is -6.48. The number of morpholine rings is 1. The third-order valence-corrected chi connectivity index (χ3v) is 11.0. The second kappa shape index (κ2) is 18.0. The number of nitrogens with zero attached hydrogens (tertiary/aromatic N) is 9. The van der Waals surface area contributed by atoms with Crippen LogP contribution in [-0.2, 0) is 29.0 Å². The van der Waals surface area contributed by atoms with Gasteiger partial charge in [0.25, 0.3) is 5.91 Å². The number of carbonyl (C=O) groups is 2. The van der Waals surface area contributed by atoms with Crippen LogP contribution in [0.5, 0.6) is 11.5 Å². The minimum Gasteiger partial charge on any atom is -0.497 e. The Kier molecular flexibility index (Phi) is 12.2. The molecule has 0 atom stereocenters. The van der Waals surface area contributed by atoms with Crippen molar-refractivity contribution in [2.24, 2.45) is 0 Å². The highest BCUT2D eigenvalue weighted by atomic mass is 16.6. The van der Waals surface area contributed by atoms with Crippen molar-refractivity contribution in [2.45, 2.75) is 45.9 Å². The molecular weight excluding hydrogens is 775 g/mol. The zero-order chi connectivity index (χ0) is 42.5. The van der Waals surface area contributed by atoms with Crippen molar-refractivity contribution in [1.82, 2.24) is 29.7 Å². The van der Waals surface area contributed by atoms with Crippen molar-refractivity contribution in [1.29, 1.82) is 0 Å². The Labute approximate surface area is 356 Å². The van der Waals surface area contributed by atoms with E-state index in [0.29, 0.717) is 89.6 Å². The molecule has 2 aromatic heterocycles. The van der Waals surface area contributed by atoms with E-state index in [-0.39, 0.29) is 12.0 Å². The standard InChI is InChI=1S/C46H53N9O6/c1-46(2,3)61-45(57)53-22-20-51(21-23-53)42(56)34-10-12-36(13-11-34)55-19-18-39-40(49-44(50-41(39)55)52-24-26-60-27-25-52)35-28-47-43(48-29-35)54(30-32-6-14-37(58-4)15-7-32)31-33-8-16-38(59-5)17-9-33/h6-17,28-29H,18-27,30-31H2,1-5H3. The third-order valence-electron chi connectivity index (χ3n) is 11.0. The van der Waals surface area contributed by atoms with Gasteiger partial charge in [-0.3, -0.25) is 4.79 Å². The predicted molar refractivity (Wildman–Crippen MR) is 233 cm³/mol. The van der Waals surface area contributed by atoms with Gasteiger partial charge in [-0.15, -0.1) is 0 Å². The molecule has 61 heavy (non-hydrogen) atoms. The van der Waals surface area contributed by atoms with Crippen molar-refractivity contribution >= 4 is 35.4 Å². The molecular formula is C46H53N9O6. The lowest BCUT2D eigenvalue weighted by molar-refractivity contribution is 0.0141. The van der Waals surface area contributed by atoms with Crippen LogP contribution < -0.4 is 24.2 Å². The second-order valence-electron chi connectivity index (χ2n) is 16.3. The summed E-state index contributed by atoms with van der Waals surface area (Å²) in [6.45, 7) is 11.7. The highest BCUT2D eigenvalue weighted by Gasteiger charge is 2.31. The van der Waals surface area contributed by atoms with Crippen molar-refractivity contribution in [3.05, 3.63) is 107 Å². The fourth-order valence-electron chi connectivity index (χ4n) is 7.73. The number of fused-ring (bicyclic) bond motifs is 1. The van der Waals surface area contributed by atoms with Gasteiger partial charge in [0.15, 0.2) is 0 Å². The Morgan fingerprint density at radius 1 is 0.721 bits per heavy atom. The van der Waals surface area contributed by atoms with Crippen LogP contribution in [0.3, 0.4) is 0 Å². The molecule has 0 N–H and O–H groups in total. The minimum absolute atomic E-state index is 0.0635. The molecule has 0 unspecified atom stereocenters. The largest absolute Gasteiger partial charge is 0.497 e. The van der Waals surface area contributed by atoms with E-state index in [1.807, 2.05) is 81.7 Å². The molecule has 0 aliphatic carbocycles. The normalized spacial score (nSPS) is 15.4. The molecule has 2 amide bonds. The summed E-state index contributed by atoms with van der Waals surface area (Å²) < 4.78 is 22.0. The average Bonchev–Trinajstić information content (AvgIpc) is 3.73. The average molecular weight is 828 g/mol. The summed E-state index contributed by atoms with van der Waals surface area (Å²) in [5.74, 6) is 3.59. The second-order valence-corrected chi connectivity index (χ2v) is 16.3. The number of anilines is 4. The summed E-state index contributed by atoms with van der Waals surface area (Å²) in [7, 11) is 3.33. The third kappa shape index (κ3) is 9.62. The summed E-state index contributed by atoms with van der Waals surface area (Å²) in [5, 5.41) is 0. The first-order valence-electron chi connectivity index (χ1n) is 20.8. The number of ether oxygens (including phenoxy) is 4. The van der Waals surface area contributed by atoms with E-state index in [9.17, 15) is 9.59 Å². The smallest absolute Gasteiger partial charge is 0.410 e. The highest BCUT2D eigenvalue weighted by molar-refractivity contribution is 5.95. The van der Waals surface area contributed by atoms with E-state index in [1.165, 1.54) is 0 Å². The molecule has 3 aromatic carbocycles. The Balaban J connectivity index is 1.04. The molecule has 0 bridgehead atoms. The monoisotopic (exact) mass is 827 g/mol. The van der Waals surface area contributed by atoms with Gasteiger partial charge in [0.1, 0.15) is 22.9 Å². The van der Waals surface area contributed by atoms with Crippen LogP contribution in [0.15, 0.2) is 85.2 Å². The number of rotatable bonds is 11. The fourth-order valence-corrected chi connectivity index (χ4v) is 7.73. The molecule has 318 valence electrons. The maximum Gasteiger partial charge on any atom is 0.410 e. The van der Waals surface area contributed by atoms with Crippen LogP contribution in [0.4, 0.5) is 28.2 Å². The topological polar surface area (TPSA) is 139 Å².